The van der Waals surface area contributed by atoms with Crippen LogP contribution in [0, 0.1) is 27.7 Å². The van der Waals surface area contributed by atoms with E-state index >= 15 is 0 Å². The molecular weight excluding hydrogens is 446 g/mol. The van der Waals surface area contributed by atoms with E-state index in [1.54, 1.807) is 0 Å². The van der Waals surface area contributed by atoms with Crippen LogP contribution in [0.4, 0.5) is 17.1 Å². The second kappa shape index (κ2) is 9.26. The van der Waals surface area contributed by atoms with Gasteiger partial charge < -0.3 is 4.90 Å². The van der Waals surface area contributed by atoms with Gasteiger partial charge in [0.15, 0.2) is 0 Å². The van der Waals surface area contributed by atoms with Crippen molar-refractivity contribution in [3.63, 3.8) is 0 Å². The van der Waals surface area contributed by atoms with Crippen LogP contribution in [-0.2, 0) is 0 Å². The molecule has 0 aromatic heterocycles. The molecule has 0 aliphatic rings. The third kappa shape index (κ3) is 4.17. The highest BCUT2D eigenvalue weighted by Gasteiger charge is 2.20. The van der Waals surface area contributed by atoms with Gasteiger partial charge in [0, 0.05) is 16.8 Å². The molecule has 1 heteroatoms. The van der Waals surface area contributed by atoms with Crippen molar-refractivity contribution in [2.24, 2.45) is 0 Å². The summed E-state index contributed by atoms with van der Waals surface area (Å²) < 4.78 is 0. The maximum absolute atomic E-state index is 2.41. The van der Waals surface area contributed by atoms with Gasteiger partial charge in [-0.25, -0.2) is 0 Å². The van der Waals surface area contributed by atoms with Crippen LogP contribution in [0.3, 0.4) is 0 Å². The maximum Gasteiger partial charge on any atom is 0.0569 e. The number of fused-ring (bicyclic) bond motifs is 2. The Balaban J connectivity index is 1.67. The second-order valence-electron chi connectivity index (χ2n) is 10.2. The van der Waals surface area contributed by atoms with Crippen molar-refractivity contribution in [1.82, 2.24) is 0 Å². The van der Waals surface area contributed by atoms with Crippen molar-refractivity contribution in [1.29, 1.82) is 0 Å². The van der Waals surface area contributed by atoms with E-state index < -0.39 is 0 Å². The fourth-order valence-corrected chi connectivity index (χ4v) is 5.50. The molecule has 0 heterocycles. The molecule has 0 saturated heterocycles. The summed E-state index contributed by atoms with van der Waals surface area (Å²) in [6.07, 6.45) is 0. The topological polar surface area (TPSA) is 3.24 Å². The molecule has 0 aliphatic carbocycles. The molecule has 6 rings (SSSR count). The Bertz CT molecular complexity index is 1700. The molecule has 37 heavy (non-hydrogen) atoms. The summed E-state index contributed by atoms with van der Waals surface area (Å²) in [5.74, 6) is 0. The smallest absolute Gasteiger partial charge is 0.0569 e. The highest BCUT2D eigenvalue weighted by Crippen LogP contribution is 2.45. The number of nitrogens with zero attached hydrogens (tertiary/aromatic N) is 1. The van der Waals surface area contributed by atoms with E-state index in [1.807, 2.05) is 0 Å². The average molecular weight is 478 g/mol. The summed E-state index contributed by atoms with van der Waals surface area (Å²) in [6, 6.07) is 42.3. The maximum atomic E-state index is 2.41. The molecule has 6 aromatic carbocycles. The first-order chi connectivity index (χ1) is 18.0. The zero-order valence-electron chi connectivity index (χ0n) is 21.9. The number of benzene rings is 6. The van der Waals surface area contributed by atoms with Crippen molar-refractivity contribution in [3.05, 3.63) is 138 Å². The van der Waals surface area contributed by atoms with E-state index in [-0.39, 0.29) is 0 Å². The Labute approximate surface area is 219 Å². The van der Waals surface area contributed by atoms with Crippen molar-refractivity contribution < 1.29 is 0 Å². The first-order valence-electron chi connectivity index (χ1n) is 13.0. The lowest BCUT2D eigenvalue weighted by atomic mass is 9.89. The summed E-state index contributed by atoms with van der Waals surface area (Å²) in [4.78, 5) is 2.41. The van der Waals surface area contributed by atoms with Gasteiger partial charge in [-0.15, -0.1) is 0 Å². The van der Waals surface area contributed by atoms with E-state index in [9.17, 15) is 0 Å². The van der Waals surface area contributed by atoms with Gasteiger partial charge >= 0.3 is 0 Å². The molecule has 180 valence electrons. The zero-order chi connectivity index (χ0) is 25.5. The first-order valence-corrected chi connectivity index (χ1v) is 13.0. The summed E-state index contributed by atoms with van der Waals surface area (Å²) in [7, 11) is 0. The highest BCUT2D eigenvalue weighted by atomic mass is 15.1. The minimum absolute atomic E-state index is 1.16. The lowest BCUT2D eigenvalue weighted by molar-refractivity contribution is 1.25. The van der Waals surface area contributed by atoms with E-state index in [2.05, 4.69) is 148 Å². The molecule has 0 spiro atoms. The van der Waals surface area contributed by atoms with Crippen LogP contribution in [0.2, 0.25) is 0 Å². The van der Waals surface area contributed by atoms with E-state index in [4.69, 9.17) is 0 Å². The Morgan fingerprint density at radius 3 is 1.57 bits per heavy atom. The normalized spacial score (nSPS) is 11.2. The molecule has 0 amide bonds. The number of hydrogen-bond acceptors (Lipinski definition) is 1. The molecule has 1 nitrogen and oxygen atoms in total. The Morgan fingerprint density at radius 2 is 0.946 bits per heavy atom. The lowest BCUT2D eigenvalue weighted by Crippen LogP contribution is -2.12. The summed E-state index contributed by atoms with van der Waals surface area (Å²) in [6.45, 7) is 8.72. The van der Waals surface area contributed by atoms with Crippen molar-refractivity contribution in [2.45, 2.75) is 27.7 Å². The van der Waals surface area contributed by atoms with Gasteiger partial charge in [-0.05, 0) is 96.4 Å². The Kier molecular flexibility index (Phi) is 5.77. The minimum Gasteiger partial charge on any atom is -0.310 e. The van der Waals surface area contributed by atoms with Gasteiger partial charge in [0.25, 0.3) is 0 Å². The van der Waals surface area contributed by atoms with Gasteiger partial charge in [0.05, 0.1) is 5.69 Å². The van der Waals surface area contributed by atoms with Crippen LogP contribution >= 0.6 is 0 Å². The molecule has 6 aromatic rings. The SMILES string of the molecule is Cc1ccc(N(c2ccc(C)cc2)c2c(C)cc(-c3cc(C)cc4ccccc34)c3ccccc23)cc1. The van der Waals surface area contributed by atoms with Crippen LogP contribution in [0.15, 0.2) is 115 Å². The number of aryl methyl sites for hydroxylation is 4. The summed E-state index contributed by atoms with van der Waals surface area (Å²) in [5, 5.41) is 5.09. The fraction of sp³-hybridized carbons (Fsp3) is 0.111. The zero-order valence-corrected chi connectivity index (χ0v) is 21.9. The summed E-state index contributed by atoms with van der Waals surface area (Å²) >= 11 is 0. The Morgan fingerprint density at radius 1 is 0.432 bits per heavy atom. The molecule has 0 atom stereocenters. The largest absolute Gasteiger partial charge is 0.310 e. The molecule has 0 fully saturated rings. The van der Waals surface area contributed by atoms with Crippen molar-refractivity contribution in [3.8, 4) is 11.1 Å². The van der Waals surface area contributed by atoms with Crippen molar-refractivity contribution in [2.75, 3.05) is 4.90 Å². The van der Waals surface area contributed by atoms with E-state index in [1.165, 1.54) is 60.6 Å². The summed E-state index contributed by atoms with van der Waals surface area (Å²) in [5.41, 5.74) is 11.2. The third-order valence-electron chi connectivity index (χ3n) is 7.31. The van der Waals surface area contributed by atoms with Gasteiger partial charge in [0.2, 0.25) is 0 Å². The number of anilines is 3. The molecule has 0 unspecified atom stereocenters. The van der Waals surface area contributed by atoms with Gasteiger partial charge in [-0.2, -0.15) is 0 Å². The van der Waals surface area contributed by atoms with Crippen LogP contribution in [0.5, 0.6) is 0 Å². The highest BCUT2D eigenvalue weighted by molar-refractivity contribution is 6.11. The predicted molar refractivity (Wildman–Crippen MR) is 161 cm³/mol. The average Bonchev–Trinajstić information content (AvgIpc) is 2.91. The molecule has 0 radical (unpaired) electrons. The molecule has 0 aliphatic heterocycles. The number of rotatable bonds is 4. The van der Waals surface area contributed by atoms with Crippen molar-refractivity contribution >= 4 is 38.6 Å². The number of hydrogen-bond donors (Lipinski definition) is 0. The standard InChI is InChI=1S/C36H31N/c1-24-13-17-29(18-14-24)37(30-19-15-25(2)16-20-30)36-27(4)23-35(32-11-7-8-12-33(32)36)34-22-26(3)21-28-9-5-6-10-31(28)34/h5-23H,1-4H3. The van der Waals surface area contributed by atoms with Gasteiger partial charge in [-0.1, -0.05) is 96.1 Å². The predicted octanol–water partition coefficient (Wildman–Crippen LogP) is 10.4. The molecule has 0 bridgehead atoms. The van der Waals surface area contributed by atoms with Crippen LogP contribution in [0.25, 0.3) is 32.7 Å². The molecule has 0 saturated carbocycles. The minimum atomic E-state index is 1.16. The lowest BCUT2D eigenvalue weighted by Gasteiger charge is -2.29. The van der Waals surface area contributed by atoms with Gasteiger partial charge in [0.1, 0.15) is 0 Å². The fourth-order valence-electron chi connectivity index (χ4n) is 5.50. The van der Waals surface area contributed by atoms with E-state index in [0.29, 0.717) is 0 Å². The Hall–Kier alpha value is -4.36. The quantitative estimate of drug-likeness (QED) is 0.244. The van der Waals surface area contributed by atoms with Crippen LogP contribution in [-0.4, -0.2) is 0 Å². The van der Waals surface area contributed by atoms with Gasteiger partial charge in [-0.3, -0.25) is 0 Å². The van der Waals surface area contributed by atoms with Crippen LogP contribution < -0.4 is 4.90 Å². The third-order valence-corrected chi connectivity index (χ3v) is 7.31. The molecule has 0 N–H and O–H groups in total. The second-order valence-corrected chi connectivity index (χ2v) is 10.2. The van der Waals surface area contributed by atoms with Crippen LogP contribution in [0.1, 0.15) is 22.3 Å². The first kappa shape index (κ1) is 23.1. The molecular formula is C36H31N. The monoisotopic (exact) mass is 477 g/mol. The van der Waals surface area contributed by atoms with E-state index in [0.717, 1.165) is 11.4 Å².